The number of carbonyl (C=O) groups excluding carboxylic acids is 1. The summed E-state index contributed by atoms with van der Waals surface area (Å²) in [6.45, 7) is 2.76. The predicted octanol–water partition coefficient (Wildman–Crippen LogP) is 1.94. The average Bonchev–Trinajstić information content (AvgIpc) is 3.19. The molecule has 0 spiro atoms. The van der Waals surface area contributed by atoms with Gasteiger partial charge in [-0.25, -0.2) is 4.98 Å². The van der Waals surface area contributed by atoms with E-state index in [1.165, 1.54) is 18.9 Å². The molecule has 23 heavy (non-hydrogen) atoms. The van der Waals surface area contributed by atoms with Gasteiger partial charge in [0.05, 0.1) is 11.3 Å². The van der Waals surface area contributed by atoms with Crippen molar-refractivity contribution in [3.8, 4) is 0 Å². The molecular formula is C14H17ClN6OS. The number of amides is 1. The first-order valence-electron chi connectivity index (χ1n) is 7.40. The molecule has 1 saturated heterocycles. The summed E-state index contributed by atoms with van der Waals surface area (Å²) in [5.74, 6) is -0.244. The molecule has 9 heteroatoms. The van der Waals surface area contributed by atoms with Crippen LogP contribution in [0.3, 0.4) is 0 Å². The van der Waals surface area contributed by atoms with Gasteiger partial charge in [-0.3, -0.25) is 4.79 Å². The lowest BCUT2D eigenvalue weighted by molar-refractivity contribution is 0.100. The van der Waals surface area contributed by atoms with Crippen LogP contribution in [0, 0.1) is 0 Å². The molecule has 3 rings (SSSR count). The van der Waals surface area contributed by atoms with Crippen molar-refractivity contribution in [1.82, 2.24) is 15.2 Å². The molecule has 1 fully saturated rings. The molecule has 0 aromatic carbocycles. The lowest BCUT2D eigenvalue weighted by Crippen LogP contribution is -2.18. The maximum absolute atomic E-state index is 11.4. The van der Waals surface area contributed by atoms with Gasteiger partial charge in [-0.2, -0.15) is 0 Å². The smallest absolute Gasteiger partial charge is 0.252 e. The molecule has 1 amide bonds. The molecular weight excluding hydrogens is 336 g/mol. The monoisotopic (exact) mass is 352 g/mol. The summed E-state index contributed by atoms with van der Waals surface area (Å²) in [6, 6.07) is 1.41. The largest absolute Gasteiger partial charge is 0.368 e. The van der Waals surface area contributed by atoms with Crippen LogP contribution in [0.4, 0.5) is 10.9 Å². The molecule has 2 aromatic rings. The van der Waals surface area contributed by atoms with Crippen molar-refractivity contribution in [3.63, 3.8) is 0 Å². The van der Waals surface area contributed by atoms with E-state index in [1.807, 2.05) is 0 Å². The van der Waals surface area contributed by atoms with Gasteiger partial charge in [0.15, 0.2) is 16.1 Å². The molecule has 0 saturated carbocycles. The molecule has 1 aliphatic heterocycles. The topological polar surface area (TPSA) is 97.0 Å². The van der Waals surface area contributed by atoms with Gasteiger partial charge < -0.3 is 16.0 Å². The van der Waals surface area contributed by atoms with E-state index in [-0.39, 0.29) is 10.7 Å². The van der Waals surface area contributed by atoms with Crippen LogP contribution in [0.25, 0.3) is 0 Å². The van der Waals surface area contributed by atoms with E-state index in [0.29, 0.717) is 12.4 Å². The number of nitrogens with two attached hydrogens (primary N) is 1. The maximum atomic E-state index is 11.4. The second-order valence-electron chi connectivity index (χ2n) is 5.29. The van der Waals surface area contributed by atoms with Gasteiger partial charge in [-0.05, 0) is 18.9 Å². The first-order chi connectivity index (χ1) is 11.1. The van der Waals surface area contributed by atoms with Gasteiger partial charge >= 0.3 is 0 Å². The molecule has 3 N–H and O–H groups in total. The van der Waals surface area contributed by atoms with Gasteiger partial charge in [0.2, 0.25) is 0 Å². The van der Waals surface area contributed by atoms with E-state index in [1.54, 1.807) is 11.3 Å². The number of hydrogen-bond donors (Lipinski definition) is 2. The van der Waals surface area contributed by atoms with Crippen LogP contribution in [-0.2, 0) is 6.42 Å². The summed E-state index contributed by atoms with van der Waals surface area (Å²) in [4.78, 5) is 18.4. The molecule has 0 bridgehead atoms. The Morgan fingerprint density at radius 1 is 1.39 bits per heavy atom. The van der Waals surface area contributed by atoms with E-state index in [4.69, 9.17) is 17.3 Å². The Morgan fingerprint density at radius 2 is 2.17 bits per heavy atom. The van der Waals surface area contributed by atoms with Crippen LogP contribution in [0.5, 0.6) is 0 Å². The summed E-state index contributed by atoms with van der Waals surface area (Å²) < 4.78 is 0. The van der Waals surface area contributed by atoms with Gasteiger partial charge in [-0.15, -0.1) is 21.5 Å². The Hall–Kier alpha value is -1.93. The number of aromatic nitrogens is 3. The predicted molar refractivity (Wildman–Crippen MR) is 91.3 cm³/mol. The van der Waals surface area contributed by atoms with Crippen molar-refractivity contribution in [2.45, 2.75) is 19.3 Å². The molecule has 0 atom stereocenters. The first kappa shape index (κ1) is 15.9. The van der Waals surface area contributed by atoms with E-state index in [9.17, 15) is 4.79 Å². The summed E-state index contributed by atoms with van der Waals surface area (Å²) in [6.07, 6.45) is 3.20. The van der Waals surface area contributed by atoms with Crippen molar-refractivity contribution >= 4 is 39.8 Å². The molecule has 0 unspecified atom stereocenters. The fourth-order valence-corrected chi connectivity index (χ4v) is 3.52. The van der Waals surface area contributed by atoms with Crippen molar-refractivity contribution in [1.29, 1.82) is 0 Å². The van der Waals surface area contributed by atoms with Gasteiger partial charge in [0.25, 0.3) is 5.91 Å². The molecule has 122 valence electrons. The number of hydrogen-bond acceptors (Lipinski definition) is 7. The standard InChI is InChI=1S/C14H17ClN6OS/c15-11-7-10(12(16)22)13(20-19-11)17-4-3-9-8-23-14(18-9)21-5-1-2-6-21/h7-8H,1-6H2,(H2,16,22)(H,17,20). The fraction of sp³-hybridized carbons (Fsp3) is 0.429. The second-order valence-corrected chi connectivity index (χ2v) is 6.51. The number of primary amides is 1. The highest BCUT2D eigenvalue weighted by atomic mass is 35.5. The highest BCUT2D eigenvalue weighted by Gasteiger charge is 2.16. The number of carbonyl (C=O) groups is 1. The zero-order valence-electron chi connectivity index (χ0n) is 12.5. The number of halogens is 1. The quantitative estimate of drug-likeness (QED) is 0.824. The van der Waals surface area contributed by atoms with Crippen molar-refractivity contribution in [3.05, 3.63) is 27.9 Å². The summed E-state index contributed by atoms with van der Waals surface area (Å²) in [5, 5.41) is 14.0. The third-order valence-corrected chi connectivity index (χ3v) is 4.75. The van der Waals surface area contributed by atoms with Crippen molar-refractivity contribution in [2.24, 2.45) is 5.73 Å². The molecule has 3 heterocycles. The highest BCUT2D eigenvalue weighted by Crippen LogP contribution is 2.24. The van der Waals surface area contributed by atoms with Crippen molar-refractivity contribution in [2.75, 3.05) is 29.9 Å². The van der Waals surface area contributed by atoms with Crippen LogP contribution in [-0.4, -0.2) is 40.7 Å². The third-order valence-electron chi connectivity index (χ3n) is 3.62. The van der Waals surface area contributed by atoms with Gasteiger partial charge in [0.1, 0.15) is 0 Å². The molecule has 2 aromatic heterocycles. The summed E-state index contributed by atoms with van der Waals surface area (Å²) in [7, 11) is 0. The number of nitrogens with zero attached hydrogens (tertiary/aromatic N) is 4. The average molecular weight is 353 g/mol. The van der Waals surface area contributed by atoms with E-state index in [0.717, 1.165) is 30.3 Å². The van der Waals surface area contributed by atoms with Crippen molar-refractivity contribution < 1.29 is 4.79 Å². The fourth-order valence-electron chi connectivity index (χ4n) is 2.46. The van der Waals surface area contributed by atoms with Crippen LogP contribution in [0.15, 0.2) is 11.4 Å². The van der Waals surface area contributed by atoms with Crippen LogP contribution >= 0.6 is 22.9 Å². The molecule has 7 nitrogen and oxygen atoms in total. The third kappa shape index (κ3) is 3.89. The SMILES string of the molecule is NC(=O)c1cc(Cl)nnc1NCCc1csc(N2CCCC2)n1. The second kappa shape index (κ2) is 7.10. The lowest BCUT2D eigenvalue weighted by Gasteiger charge is -2.12. The minimum absolute atomic E-state index is 0.138. The summed E-state index contributed by atoms with van der Waals surface area (Å²) >= 11 is 7.40. The number of rotatable bonds is 6. The number of nitrogens with one attached hydrogen (secondary N) is 1. The normalized spacial score (nSPS) is 14.2. The van der Waals surface area contributed by atoms with Crippen LogP contribution < -0.4 is 16.0 Å². The lowest BCUT2D eigenvalue weighted by atomic mass is 10.2. The minimum atomic E-state index is -0.589. The Balaban J connectivity index is 1.58. The maximum Gasteiger partial charge on any atom is 0.252 e. The minimum Gasteiger partial charge on any atom is -0.368 e. The first-order valence-corrected chi connectivity index (χ1v) is 8.65. The van der Waals surface area contributed by atoms with Gasteiger partial charge in [-0.1, -0.05) is 11.6 Å². The van der Waals surface area contributed by atoms with Crippen LogP contribution in [0.2, 0.25) is 5.15 Å². The van der Waals surface area contributed by atoms with Crippen LogP contribution in [0.1, 0.15) is 28.9 Å². The molecule has 0 radical (unpaired) electrons. The Morgan fingerprint density at radius 3 is 2.91 bits per heavy atom. The van der Waals surface area contributed by atoms with E-state index in [2.05, 4.69) is 30.8 Å². The molecule has 0 aliphatic carbocycles. The molecule has 1 aliphatic rings. The Labute approximate surface area is 142 Å². The Bertz CT molecular complexity index is 700. The van der Waals surface area contributed by atoms with E-state index < -0.39 is 5.91 Å². The van der Waals surface area contributed by atoms with Gasteiger partial charge in [0, 0.05) is 31.4 Å². The van der Waals surface area contributed by atoms with E-state index >= 15 is 0 Å². The summed E-state index contributed by atoms with van der Waals surface area (Å²) in [5.41, 5.74) is 6.58. The number of anilines is 2. The Kier molecular flexibility index (Phi) is 4.92. The zero-order chi connectivity index (χ0) is 16.2. The number of thiazole rings is 1. The zero-order valence-corrected chi connectivity index (χ0v) is 14.0. The highest BCUT2D eigenvalue weighted by molar-refractivity contribution is 7.13.